The van der Waals surface area contributed by atoms with E-state index >= 15 is 0 Å². The number of fused-ring (bicyclic) bond motifs is 1. The number of alkyl halides is 3. The van der Waals surface area contributed by atoms with Crippen LogP contribution in [0.15, 0.2) is 46.9 Å². The first-order valence-electron chi connectivity index (χ1n) is 9.30. The number of aryl methyl sites for hydroxylation is 1. The van der Waals surface area contributed by atoms with Crippen LogP contribution in [-0.4, -0.2) is 24.6 Å². The summed E-state index contributed by atoms with van der Waals surface area (Å²) in [6.45, 7) is 1.93. The van der Waals surface area contributed by atoms with Crippen LogP contribution in [0.25, 0.3) is 11.0 Å². The van der Waals surface area contributed by atoms with Gasteiger partial charge in [0, 0.05) is 29.5 Å². The molecule has 0 atom stereocenters. The van der Waals surface area contributed by atoms with E-state index in [9.17, 15) is 36.5 Å². The molecule has 32 heavy (non-hydrogen) atoms. The van der Waals surface area contributed by atoms with Gasteiger partial charge in [-0.2, -0.15) is 21.6 Å². The third-order valence-corrected chi connectivity index (χ3v) is 5.52. The second kappa shape index (κ2) is 8.61. The fraction of sp³-hybridized carbons (Fsp3) is 0.250. The van der Waals surface area contributed by atoms with Gasteiger partial charge in [0.25, 0.3) is 5.69 Å². The lowest BCUT2D eigenvalue weighted by atomic mass is 9.98. The number of nitro benzene ring substituents is 1. The number of furan rings is 1. The summed E-state index contributed by atoms with van der Waals surface area (Å²) in [7, 11) is -5.85. The van der Waals surface area contributed by atoms with E-state index in [1.54, 1.807) is 0 Å². The van der Waals surface area contributed by atoms with Crippen molar-refractivity contribution in [1.82, 2.24) is 0 Å². The standard InChI is InChI=1S/C20H16F3NO7S/c1-2-3-4-17-18(15-11-13(24(26)27)7-10-16(15)30-17)19(25)12-5-8-14(9-6-12)31-32(28,29)20(21,22)23/h5-11H,2-4H2,1H3. The first-order chi connectivity index (χ1) is 14.9. The Morgan fingerprint density at radius 2 is 1.81 bits per heavy atom. The topological polar surface area (TPSA) is 117 Å². The molecule has 0 unspecified atom stereocenters. The summed E-state index contributed by atoms with van der Waals surface area (Å²) in [5, 5.41) is 11.4. The van der Waals surface area contributed by atoms with Crippen molar-refractivity contribution < 1.29 is 39.9 Å². The minimum absolute atomic E-state index is 0.00807. The summed E-state index contributed by atoms with van der Waals surface area (Å²) < 4.78 is 69.4. The molecule has 0 radical (unpaired) electrons. The highest BCUT2D eigenvalue weighted by Crippen LogP contribution is 2.33. The molecule has 2 aromatic carbocycles. The van der Waals surface area contributed by atoms with Gasteiger partial charge in [0.15, 0.2) is 5.78 Å². The second-order valence-corrected chi connectivity index (χ2v) is 8.32. The molecule has 0 amide bonds. The van der Waals surface area contributed by atoms with Gasteiger partial charge in [-0.05, 0) is 36.8 Å². The lowest BCUT2D eigenvalue weighted by Gasteiger charge is -2.09. The van der Waals surface area contributed by atoms with Gasteiger partial charge in [-0.25, -0.2) is 0 Å². The number of non-ortho nitro benzene ring substituents is 1. The Bertz CT molecular complexity index is 1280. The molecule has 1 aromatic heterocycles. The molecular weight excluding hydrogens is 455 g/mol. The van der Waals surface area contributed by atoms with Crippen LogP contribution in [0.4, 0.5) is 18.9 Å². The van der Waals surface area contributed by atoms with Crippen molar-refractivity contribution in [3.8, 4) is 5.75 Å². The summed E-state index contributed by atoms with van der Waals surface area (Å²) in [4.78, 5) is 23.7. The van der Waals surface area contributed by atoms with Crippen LogP contribution in [-0.2, 0) is 16.5 Å². The first kappa shape index (κ1) is 23.3. The van der Waals surface area contributed by atoms with Crippen LogP contribution in [0.1, 0.15) is 41.4 Å². The predicted molar refractivity (Wildman–Crippen MR) is 107 cm³/mol. The number of hydrogen-bond acceptors (Lipinski definition) is 7. The van der Waals surface area contributed by atoms with E-state index in [2.05, 4.69) is 4.18 Å². The largest absolute Gasteiger partial charge is 0.534 e. The van der Waals surface area contributed by atoms with E-state index < -0.39 is 32.1 Å². The summed E-state index contributed by atoms with van der Waals surface area (Å²) >= 11 is 0. The average Bonchev–Trinajstić information content (AvgIpc) is 3.08. The number of carbonyl (C=O) groups is 1. The highest BCUT2D eigenvalue weighted by Gasteiger charge is 2.48. The molecule has 3 rings (SSSR count). The SMILES string of the molecule is CCCCc1oc2ccc([N+](=O)[O-])cc2c1C(=O)c1ccc(OS(=O)(=O)C(F)(F)F)cc1. The number of carbonyl (C=O) groups excluding carboxylic acids is 1. The van der Waals surface area contributed by atoms with E-state index in [4.69, 9.17) is 4.42 Å². The van der Waals surface area contributed by atoms with Gasteiger partial charge in [0.1, 0.15) is 17.1 Å². The quantitative estimate of drug-likeness (QED) is 0.147. The molecule has 0 aliphatic heterocycles. The molecule has 3 aromatic rings. The summed E-state index contributed by atoms with van der Waals surface area (Å²) in [5.74, 6) is -0.884. The Morgan fingerprint density at radius 1 is 1.16 bits per heavy atom. The molecule has 0 saturated carbocycles. The molecule has 12 heteroatoms. The number of halogens is 3. The Morgan fingerprint density at radius 3 is 2.38 bits per heavy atom. The van der Waals surface area contributed by atoms with Gasteiger partial charge in [-0.15, -0.1) is 0 Å². The zero-order chi connectivity index (χ0) is 23.7. The van der Waals surface area contributed by atoms with Crippen molar-refractivity contribution in [2.45, 2.75) is 31.7 Å². The molecule has 1 heterocycles. The maximum Gasteiger partial charge on any atom is 0.534 e. The van der Waals surface area contributed by atoms with Crippen LogP contribution in [0, 0.1) is 10.1 Å². The minimum atomic E-state index is -5.85. The third kappa shape index (κ3) is 4.59. The zero-order valence-corrected chi connectivity index (χ0v) is 17.3. The van der Waals surface area contributed by atoms with Crippen LogP contribution in [0.2, 0.25) is 0 Å². The molecule has 0 aliphatic carbocycles. The van der Waals surface area contributed by atoms with Crippen molar-refractivity contribution in [1.29, 1.82) is 0 Å². The van der Waals surface area contributed by atoms with Gasteiger partial charge < -0.3 is 8.60 Å². The normalized spacial score (nSPS) is 12.1. The van der Waals surface area contributed by atoms with E-state index in [-0.39, 0.29) is 27.8 Å². The Hall–Kier alpha value is -3.41. The van der Waals surface area contributed by atoms with Crippen molar-refractivity contribution in [3.63, 3.8) is 0 Å². The van der Waals surface area contributed by atoms with Crippen LogP contribution >= 0.6 is 0 Å². The van der Waals surface area contributed by atoms with E-state index in [0.29, 0.717) is 18.6 Å². The van der Waals surface area contributed by atoms with Crippen LogP contribution in [0.5, 0.6) is 5.75 Å². The highest BCUT2D eigenvalue weighted by molar-refractivity contribution is 7.88. The lowest BCUT2D eigenvalue weighted by molar-refractivity contribution is -0.384. The number of nitrogens with zero attached hydrogens (tertiary/aromatic N) is 1. The molecule has 0 spiro atoms. The van der Waals surface area contributed by atoms with Gasteiger partial charge in [-0.3, -0.25) is 14.9 Å². The molecule has 0 aliphatic rings. The molecular formula is C20H16F3NO7S. The van der Waals surface area contributed by atoms with Gasteiger partial charge in [0.2, 0.25) is 0 Å². The van der Waals surface area contributed by atoms with Gasteiger partial charge >= 0.3 is 15.6 Å². The minimum Gasteiger partial charge on any atom is -0.460 e. The van der Waals surface area contributed by atoms with Crippen molar-refractivity contribution >= 4 is 32.6 Å². The summed E-state index contributed by atoms with van der Waals surface area (Å²) in [5.41, 5.74) is -5.45. The van der Waals surface area contributed by atoms with E-state index in [1.165, 1.54) is 18.2 Å². The van der Waals surface area contributed by atoms with Gasteiger partial charge in [0.05, 0.1) is 10.5 Å². The summed E-state index contributed by atoms with van der Waals surface area (Å²) in [6, 6.07) is 7.87. The number of unbranched alkanes of at least 4 members (excludes halogenated alkanes) is 1. The first-order valence-corrected chi connectivity index (χ1v) is 10.7. The fourth-order valence-electron chi connectivity index (χ4n) is 2.99. The van der Waals surface area contributed by atoms with Crippen molar-refractivity contribution in [3.05, 3.63) is 69.5 Å². The molecule has 0 N–H and O–H groups in total. The third-order valence-electron chi connectivity index (χ3n) is 4.55. The van der Waals surface area contributed by atoms with Crippen LogP contribution in [0.3, 0.4) is 0 Å². The van der Waals surface area contributed by atoms with E-state index in [1.807, 2.05) is 6.92 Å². The molecule has 0 bridgehead atoms. The second-order valence-electron chi connectivity index (χ2n) is 6.78. The van der Waals surface area contributed by atoms with Crippen molar-refractivity contribution in [2.24, 2.45) is 0 Å². The number of benzene rings is 2. The number of ketones is 1. The fourth-order valence-corrected chi connectivity index (χ4v) is 3.45. The monoisotopic (exact) mass is 471 g/mol. The molecule has 0 fully saturated rings. The Balaban J connectivity index is 2.01. The number of hydrogen-bond donors (Lipinski definition) is 0. The molecule has 0 saturated heterocycles. The Labute approximate surface area is 179 Å². The Kier molecular flexibility index (Phi) is 6.26. The maximum atomic E-state index is 13.2. The number of rotatable bonds is 8. The van der Waals surface area contributed by atoms with E-state index in [0.717, 1.165) is 30.7 Å². The molecule has 170 valence electrons. The van der Waals surface area contributed by atoms with Gasteiger partial charge in [-0.1, -0.05) is 13.3 Å². The smallest absolute Gasteiger partial charge is 0.460 e. The van der Waals surface area contributed by atoms with Crippen LogP contribution < -0.4 is 4.18 Å². The molecule has 8 nitrogen and oxygen atoms in total. The lowest BCUT2D eigenvalue weighted by Crippen LogP contribution is -2.28. The average molecular weight is 471 g/mol. The predicted octanol–water partition coefficient (Wildman–Crippen LogP) is 5.14. The van der Waals surface area contributed by atoms with Crippen molar-refractivity contribution in [2.75, 3.05) is 0 Å². The number of nitro groups is 1. The highest BCUT2D eigenvalue weighted by atomic mass is 32.2. The maximum absolute atomic E-state index is 13.2. The summed E-state index contributed by atoms with van der Waals surface area (Å²) in [6.07, 6.45) is 1.87. The zero-order valence-electron chi connectivity index (χ0n) is 16.5.